The van der Waals surface area contributed by atoms with Gasteiger partial charge in [0.25, 0.3) is 0 Å². The summed E-state index contributed by atoms with van der Waals surface area (Å²) in [6, 6.07) is 15.0. The number of rotatable bonds is 8. The Morgan fingerprint density at radius 3 is 2.21 bits per heavy atom. The molecule has 0 saturated carbocycles. The number of anilines is 1. The molecule has 0 saturated heterocycles. The fourth-order valence-electron chi connectivity index (χ4n) is 2.67. The zero-order chi connectivity index (χ0) is 20.8. The van der Waals surface area contributed by atoms with Crippen LogP contribution in [0.3, 0.4) is 0 Å². The molecule has 0 unspecified atom stereocenters. The molecule has 0 spiro atoms. The van der Waals surface area contributed by atoms with Crippen LogP contribution in [0.25, 0.3) is 0 Å². The molecule has 2 aromatic rings. The summed E-state index contributed by atoms with van der Waals surface area (Å²) in [6.07, 6.45) is -3.77. The van der Waals surface area contributed by atoms with Crippen molar-refractivity contribution in [2.45, 2.75) is 25.2 Å². The molecule has 0 aliphatic carbocycles. The Morgan fingerprint density at radius 2 is 1.71 bits per heavy atom. The van der Waals surface area contributed by atoms with Crippen molar-refractivity contribution in [2.75, 3.05) is 18.6 Å². The Balaban J connectivity index is 2.31. The SMILES string of the molecule is C=C[C@](C)(COCc1ccccc1)N(C(=O)C(F)(F)F)c1ccc(OC)cc1. The quantitative estimate of drug-likeness (QED) is 0.608. The first-order valence-corrected chi connectivity index (χ1v) is 8.52. The minimum Gasteiger partial charge on any atom is -0.497 e. The van der Waals surface area contributed by atoms with Crippen molar-refractivity contribution in [3.05, 3.63) is 72.8 Å². The van der Waals surface area contributed by atoms with E-state index in [1.807, 2.05) is 30.3 Å². The van der Waals surface area contributed by atoms with Crippen molar-refractivity contribution < 1.29 is 27.4 Å². The van der Waals surface area contributed by atoms with Gasteiger partial charge in [-0.3, -0.25) is 9.69 Å². The Bertz CT molecular complexity index is 791. The molecule has 0 fully saturated rings. The van der Waals surface area contributed by atoms with Gasteiger partial charge in [0.1, 0.15) is 5.75 Å². The Labute approximate surface area is 162 Å². The van der Waals surface area contributed by atoms with Crippen LogP contribution in [0, 0.1) is 0 Å². The van der Waals surface area contributed by atoms with Gasteiger partial charge in [0, 0.05) is 5.69 Å². The fraction of sp³-hybridized carbons (Fsp3) is 0.286. The van der Waals surface area contributed by atoms with E-state index in [9.17, 15) is 18.0 Å². The minimum absolute atomic E-state index is 0.0637. The van der Waals surface area contributed by atoms with Crippen LogP contribution in [0.15, 0.2) is 67.3 Å². The molecule has 150 valence electrons. The highest BCUT2D eigenvalue weighted by atomic mass is 19.4. The van der Waals surface area contributed by atoms with E-state index < -0.39 is 17.6 Å². The van der Waals surface area contributed by atoms with E-state index in [1.54, 1.807) is 0 Å². The van der Waals surface area contributed by atoms with Crippen LogP contribution in [0.2, 0.25) is 0 Å². The summed E-state index contributed by atoms with van der Waals surface area (Å²) in [7, 11) is 1.44. The molecule has 0 aromatic heterocycles. The third-order valence-corrected chi connectivity index (χ3v) is 4.23. The molecule has 0 bridgehead atoms. The standard InChI is InChI=1S/C21H22F3NO3/c1-4-20(2,15-28-14-16-8-6-5-7-9-16)25(19(26)21(22,23)24)17-10-12-18(27-3)13-11-17/h4-13H,1,14-15H2,2-3H3/t20-/m1/s1. The zero-order valence-electron chi connectivity index (χ0n) is 15.7. The second-order valence-electron chi connectivity index (χ2n) is 6.38. The number of hydrogen-bond donors (Lipinski definition) is 0. The fourth-order valence-corrected chi connectivity index (χ4v) is 2.67. The Hall–Kier alpha value is -2.80. The van der Waals surface area contributed by atoms with Crippen molar-refractivity contribution in [3.8, 4) is 5.75 Å². The Morgan fingerprint density at radius 1 is 1.11 bits per heavy atom. The van der Waals surface area contributed by atoms with Crippen LogP contribution in [0.1, 0.15) is 12.5 Å². The summed E-state index contributed by atoms with van der Waals surface area (Å²) in [5.41, 5.74) is -0.489. The highest BCUT2D eigenvalue weighted by Gasteiger charge is 2.48. The minimum atomic E-state index is -5.05. The predicted molar refractivity (Wildman–Crippen MR) is 101 cm³/mol. The number of ether oxygens (including phenoxy) is 2. The van der Waals surface area contributed by atoms with Crippen LogP contribution < -0.4 is 9.64 Å². The van der Waals surface area contributed by atoms with Gasteiger partial charge in [0.2, 0.25) is 0 Å². The molecular formula is C21H22F3NO3. The highest BCUT2D eigenvalue weighted by Crippen LogP contribution is 2.32. The first-order valence-electron chi connectivity index (χ1n) is 8.52. The van der Waals surface area contributed by atoms with Crippen molar-refractivity contribution in [3.63, 3.8) is 0 Å². The first-order chi connectivity index (χ1) is 13.2. The molecule has 0 aliphatic heterocycles. The summed E-state index contributed by atoms with van der Waals surface area (Å²) < 4.78 is 50.5. The maximum absolute atomic E-state index is 13.3. The highest BCUT2D eigenvalue weighted by molar-refractivity contribution is 5.99. The van der Waals surface area contributed by atoms with Gasteiger partial charge >= 0.3 is 12.1 Å². The normalized spacial score (nSPS) is 13.5. The molecule has 28 heavy (non-hydrogen) atoms. The molecule has 4 nitrogen and oxygen atoms in total. The molecular weight excluding hydrogens is 371 g/mol. The average molecular weight is 393 g/mol. The lowest BCUT2D eigenvalue weighted by molar-refractivity contribution is -0.171. The second-order valence-corrected chi connectivity index (χ2v) is 6.38. The van der Waals surface area contributed by atoms with Crippen LogP contribution in [0.5, 0.6) is 5.75 Å². The van der Waals surface area contributed by atoms with E-state index in [2.05, 4.69) is 6.58 Å². The maximum atomic E-state index is 13.3. The number of benzene rings is 2. The van der Waals surface area contributed by atoms with E-state index in [0.717, 1.165) is 5.56 Å². The molecule has 0 N–H and O–H groups in total. The van der Waals surface area contributed by atoms with E-state index in [0.29, 0.717) is 10.6 Å². The summed E-state index contributed by atoms with van der Waals surface area (Å²) in [6.45, 7) is 5.14. The number of alkyl halides is 3. The predicted octanol–water partition coefficient (Wildman–Crippen LogP) is 4.75. The summed E-state index contributed by atoms with van der Waals surface area (Å²) in [5, 5.41) is 0. The molecule has 2 rings (SSSR count). The van der Waals surface area contributed by atoms with Gasteiger partial charge < -0.3 is 9.47 Å². The number of carbonyl (C=O) groups excluding carboxylic acids is 1. The van der Waals surface area contributed by atoms with Gasteiger partial charge in [0.15, 0.2) is 0 Å². The largest absolute Gasteiger partial charge is 0.497 e. The van der Waals surface area contributed by atoms with E-state index in [-0.39, 0.29) is 18.9 Å². The van der Waals surface area contributed by atoms with E-state index >= 15 is 0 Å². The van der Waals surface area contributed by atoms with E-state index in [1.165, 1.54) is 44.4 Å². The summed E-state index contributed by atoms with van der Waals surface area (Å²) in [5.74, 6) is -1.54. The van der Waals surface area contributed by atoms with Crippen molar-refractivity contribution in [2.24, 2.45) is 0 Å². The zero-order valence-corrected chi connectivity index (χ0v) is 15.7. The summed E-state index contributed by atoms with van der Waals surface area (Å²) >= 11 is 0. The molecule has 0 heterocycles. The lowest BCUT2D eigenvalue weighted by Gasteiger charge is -2.39. The van der Waals surface area contributed by atoms with Gasteiger partial charge in [-0.1, -0.05) is 36.4 Å². The number of methoxy groups -OCH3 is 1. The first kappa shape index (κ1) is 21.5. The van der Waals surface area contributed by atoms with Gasteiger partial charge in [-0.05, 0) is 36.8 Å². The second kappa shape index (κ2) is 8.93. The molecule has 0 radical (unpaired) electrons. The maximum Gasteiger partial charge on any atom is 0.471 e. The third-order valence-electron chi connectivity index (χ3n) is 4.23. The number of amides is 1. The smallest absolute Gasteiger partial charge is 0.471 e. The van der Waals surface area contributed by atoms with Gasteiger partial charge in [-0.25, -0.2) is 0 Å². The van der Waals surface area contributed by atoms with Crippen LogP contribution >= 0.6 is 0 Å². The van der Waals surface area contributed by atoms with Crippen LogP contribution in [-0.4, -0.2) is 31.3 Å². The van der Waals surface area contributed by atoms with Crippen molar-refractivity contribution in [1.29, 1.82) is 0 Å². The third kappa shape index (κ3) is 5.13. The number of halogens is 3. The monoisotopic (exact) mass is 393 g/mol. The average Bonchev–Trinajstić information content (AvgIpc) is 2.68. The lowest BCUT2D eigenvalue weighted by atomic mass is 9.99. The Kier molecular flexibility index (Phi) is 6.85. The lowest BCUT2D eigenvalue weighted by Crippen LogP contribution is -2.56. The number of nitrogens with zero attached hydrogens (tertiary/aromatic N) is 1. The molecule has 0 aliphatic rings. The number of hydrogen-bond acceptors (Lipinski definition) is 3. The van der Waals surface area contributed by atoms with Crippen molar-refractivity contribution >= 4 is 11.6 Å². The molecule has 1 atom stereocenters. The molecule has 7 heteroatoms. The summed E-state index contributed by atoms with van der Waals surface area (Å²) in [4.78, 5) is 12.9. The molecule has 2 aromatic carbocycles. The van der Waals surface area contributed by atoms with Gasteiger partial charge in [-0.2, -0.15) is 13.2 Å². The van der Waals surface area contributed by atoms with Crippen LogP contribution in [-0.2, 0) is 16.1 Å². The van der Waals surface area contributed by atoms with E-state index in [4.69, 9.17) is 9.47 Å². The van der Waals surface area contributed by atoms with Gasteiger partial charge in [0.05, 0.1) is 25.9 Å². The van der Waals surface area contributed by atoms with Gasteiger partial charge in [-0.15, -0.1) is 6.58 Å². The van der Waals surface area contributed by atoms with Crippen molar-refractivity contribution in [1.82, 2.24) is 0 Å². The molecule has 1 amide bonds. The number of carbonyl (C=O) groups is 1. The van der Waals surface area contributed by atoms with Crippen LogP contribution in [0.4, 0.5) is 18.9 Å². The topological polar surface area (TPSA) is 38.8 Å².